The summed E-state index contributed by atoms with van der Waals surface area (Å²) >= 11 is 0. The molecule has 1 heterocycles. The number of phenols is 1. The van der Waals surface area contributed by atoms with E-state index in [1.165, 1.54) is 0 Å². The van der Waals surface area contributed by atoms with E-state index in [2.05, 4.69) is 0 Å². The van der Waals surface area contributed by atoms with Crippen molar-refractivity contribution in [3.8, 4) is 11.5 Å². The van der Waals surface area contributed by atoms with Gasteiger partial charge in [0, 0.05) is 17.5 Å². The SMILES string of the molecule is Cc1cc2c(c(C(N)CO)c1O)CCO2. The Morgan fingerprint density at radius 1 is 1.60 bits per heavy atom. The zero-order chi connectivity index (χ0) is 11.0. The van der Waals surface area contributed by atoms with Gasteiger partial charge in [-0.25, -0.2) is 0 Å². The number of hydrogen-bond acceptors (Lipinski definition) is 4. The number of hydrogen-bond donors (Lipinski definition) is 3. The molecule has 2 rings (SSSR count). The summed E-state index contributed by atoms with van der Waals surface area (Å²) in [6.07, 6.45) is 0.742. The Bertz CT molecular complexity index is 390. The van der Waals surface area contributed by atoms with Gasteiger partial charge in [0.15, 0.2) is 0 Å². The van der Waals surface area contributed by atoms with Gasteiger partial charge in [-0.3, -0.25) is 0 Å². The third kappa shape index (κ3) is 1.56. The molecule has 4 nitrogen and oxygen atoms in total. The van der Waals surface area contributed by atoms with Crippen LogP contribution < -0.4 is 10.5 Å². The Balaban J connectivity index is 2.60. The molecule has 1 unspecified atom stereocenters. The number of fused-ring (bicyclic) bond motifs is 1. The molecule has 1 aromatic rings. The van der Waals surface area contributed by atoms with Gasteiger partial charge < -0.3 is 20.7 Å². The highest BCUT2D eigenvalue weighted by Gasteiger charge is 2.24. The van der Waals surface area contributed by atoms with Gasteiger partial charge in [-0.1, -0.05) is 0 Å². The first-order valence-electron chi connectivity index (χ1n) is 4.99. The molecular formula is C11H15NO3. The minimum atomic E-state index is -0.541. The van der Waals surface area contributed by atoms with Gasteiger partial charge in [0.25, 0.3) is 0 Å². The number of rotatable bonds is 2. The zero-order valence-electron chi connectivity index (χ0n) is 8.66. The average molecular weight is 209 g/mol. The van der Waals surface area contributed by atoms with Crippen molar-refractivity contribution in [2.24, 2.45) is 5.73 Å². The van der Waals surface area contributed by atoms with Crippen molar-refractivity contribution in [3.05, 3.63) is 22.8 Å². The lowest BCUT2D eigenvalue weighted by molar-refractivity contribution is 0.264. The van der Waals surface area contributed by atoms with E-state index in [4.69, 9.17) is 15.6 Å². The van der Waals surface area contributed by atoms with Gasteiger partial charge in [0.05, 0.1) is 19.3 Å². The highest BCUT2D eigenvalue weighted by Crippen LogP contribution is 2.39. The van der Waals surface area contributed by atoms with Crippen LogP contribution >= 0.6 is 0 Å². The van der Waals surface area contributed by atoms with Crippen LogP contribution in [-0.4, -0.2) is 23.4 Å². The van der Waals surface area contributed by atoms with Crippen molar-refractivity contribution in [1.29, 1.82) is 0 Å². The molecule has 1 aliphatic rings. The standard InChI is InChI=1S/C11H15NO3/c1-6-4-9-7(2-3-15-9)10(11(6)14)8(12)5-13/h4,8,13-14H,2-3,5,12H2,1H3. The topological polar surface area (TPSA) is 75.7 Å². The molecule has 1 aliphatic heterocycles. The number of aliphatic hydroxyl groups is 1. The van der Waals surface area contributed by atoms with E-state index in [1.807, 2.05) is 6.07 Å². The summed E-state index contributed by atoms with van der Waals surface area (Å²) in [4.78, 5) is 0. The summed E-state index contributed by atoms with van der Waals surface area (Å²) in [7, 11) is 0. The number of benzene rings is 1. The second kappa shape index (κ2) is 3.72. The Kier molecular flexibility index (Phi) is 2.54. The quantitative estimate of drug-likeness (QED) is 0.667. The van der Waals surface area contributed by atoms with E-state index in [1.54, 1.807) is 6.92 Å². The van der Waals surface area contributed by atoms with Gasteiger partial charge in [-0.15, -0.1) is 0 Å². The Morgan fingerprint density at radius 2 is 2.33 bits per heavy atom. The smallest absolute Gasteiger partial charge is 0.123 e. The van der Waals surface area contributed by atoms with Crippen LogP contribution in [0, 0.1) is 6.92 Å². The minimum absolute atomic E-state index is 0.177. The zero-order valence-corrected chi connectivity index (χ0v) is 8.66. The van der Waals surface area contributed by atoms with Crippen LogP contribution in [0.15, 0.2) is 6.07 Å². The summed E-state index contributed by atoms with van der Waals surface area (Å²) in [5.74, 6) is 0.963. The molecule has 0 bridgehead atoms. The van der Waals surface area contributed by atoms with Gasteiger partial charge >= 0.3 is 0 Å². The highest BCUT2D eigenvalue weighted by atomic mass is 16.5. The lowest BCUT2D eigenvalue weighted by Gasteiger charge is -2.16. The number of aliphatic hydroxyl groups excluding tert-OH is 1. The van der Waals surface area contributed by atoms with Gasteiger partial charge in [-0.05, 0) is 18.6 Å². The van der Waals surface area contributed by atoms with Crippen molar-refractivity contribution in [2.75, 3.05) is 13.2 Å². The summed E-state index contributed by atoms with van der Waals surface area (Å²) in [6.45, 7) is 2.23. The monoisotopic (exact) mass is 209 g/mol. The van der Waals surface area contributed by atoms with E-state index in [0.717, 1.165) is 23.3 Å². The number of aryl methyl sites for hydroxylation is 1. The second-order valence-corrected chi connectivity index (χ2v) is 3.82. The molecule has 0 amide bonds. The molecule has 0 spiro atoms. The van der Waals surface area contributed by atoms with Crippen LogP contribution in [0.2, 0.25) is 0 Å². The van der Waals surface area contributed by atoms with Gasteiger partial charge in [0.1, 0.15) is 11.5 Å². The molecule has 0 radical (unpaired) electrons. The minimum Gasteiger partial charge on any atom is -0.507 e. The maximum atomic E-state index is 9.92. The normalized spacial score (nSPS) is 15.9. The summed E-state index contributed by atoms with van der Waals surface area (Å²) in [6, 6.07) is 1.27. The molecule has 15 heavy (non-hydrogen) atoms. The van der Waals surface area contributed by atoms with Crippen LogP contribution in [0.5, 0.6) is 11.5 Å². The Morgan fingerprint density at radius 3 is 3.00 bits per heavy atom. The lowest BCUT2D eigenvalue weighted by Crippen LogP contribution is -2.16. The first kappa shape index (κ1) is 10.3. The fourth-order valence-electron chi connectivity index (χ4n) is 1.98. The van der Waals surface area contributed by atoms with Crippen LogP contribution in [-0.2, 0) is 6.42 Å². The first-order valence-corrected chi connectivity index (χ1v) is 4.99. The molecule has 0 saturated carbocycles. The molecule has 0 aromatic heterocycles. The van der Waals surface area contributed by atoms with Crippen molar-refractivity contribution in [1.82, 2.24) is 0 Å². The maximum absolute atomic E-state index is 9.92. The predicted octanol–water partition coefficient (Wildman–Crippen LogP) is 0.628. The van der Waals surface area contributed by atoms with Gasteiger partial charge in [0.2, 0.25) is 0 Å². The Labute approximate surface area is 88.3 Å². The number of phenolic OH excluding ortho intramolecular Hbond substituents is 1. The summed E-state index contributed by atoms with van der Waals surface area (Å²) in [5.41, 5.74) is 8.06. The van der Waals surface area contributed by atoms with Crippen LogP contribution in [0.4, 0.5) is 0 Å². The van der Waals surface area contributed by atoms with Crippen molar-refractivity contribution in [2.45, 2.75) is 19.4 Å². The van der Waals surface area contributed by atoms with E-state index < -0.39 is 6.04 Å². The highest BCUT2D eigenvalue weighted by molar-refractivity contribution is 5.55. The summed E-state index contributed by atoms with van der Waals surface area (Å²) in [5, 5.41) is 19.0. The Hall–Kier alpha value is -1.26. The maximum Gasteiger partial charge on any atom is 0.123 e. The van der Waals surface area contributed by atoms with Gasteiger partial charge in [-0.2, -0.15) is 0 Å². The third-order valence-corrected chi connectivity index (χ3v) is 2.78. The van der Waals surface area contributed by atoms with Crippen LogP contribution in [0.1, 0.15) is 22.7 Å². The third-order valence-electron chi connectivity index (χ3n) is 2.78. The molecule has 0 aliphatic carbocycles. The summed E-state index contributed by atoms with van der Waals surface area (Å²) < 4.78 is 5.42. The molecule has 1 atom stereocenters. The van der Waals surface area contributed by atoms with E-state index >= 15 is 0 Å². The van der Waals surface area contributed by atoms with Crippen molar-refractivity contribution in [3.63, 3.8) is 0 Å². The van der Waals surface area contributed by atoms with E-state index in [-0.39, 0.29) is 12.4 Å². The predicted molar refractivity (Wildman–Crippen MR) is 56.1 cm³/mol. The molecule has 1 aromatic carbocycles. The lowest BCUT2D eigenvalue weighted by atomic mass is 9.95. The largest absolute Gasteiger partial charge is 0.507 e. The number of nitrogens with two attached hydrogens (primary N) is 1. The molecule has 0 saturated heterocycles. The van der Waals surface area contributed by atoms with E-state index in [0.29, 0.717) is 12.2 Å². The molecule has 82 valence electrons. The number of aromatic hydroxyl groups is 1. The number of ether oxygens (including phenoxy) is 1. The average Bonchev–Trinajstić information content (AvgIpc) is 2.66. The second-order valence-electron chi connectivity index (χ2n) is 3.82. The fraction of sp³-hybridized carbons (Fsp3) is 0.455. The fourth-order valence-corrected chi connectivity index (χ4v) is 1.98. The van der Waals surface area contributed by atoms with Crippen molar-refractivity contribution >= 4 is 0 Å². The molecular weight excluding hydrogens is 194 g/mol. The first-order chi connectivity index (χ1) is 7.15. The molecule has 0 fully saturated rings. The van der Waals surface area contributed by atoms with Crippen LogP contribution in [0.3, 0.4) is 0 Å². The van der Waals surface area contributed by atoms with E-state index in [9.17, 15) is 5.11 Å². The molecule has 4 heteroatoms. The van der Waals surface area contributed by atoms with Crippen molar-refractivity contribution < 1.29 is 14.9 Å². The van der Waals surface area contributed by atoms with Crippen LogP contribution in [0.25, 0.3) is 0 Å². The molecule has 4 N–H and O–H groups in total.